The smallest absolute Gasteiger partial charge is 0.251 e. The molecule has 130 valence electrons. The number of aromatic nitrogens is 2. The van der Waals surface area contributed by atoms with Gasteiger partial charge in [-0.3, -0.25) is 9.48 Å². The Hall–Kier alpha value is -1.71. The Morgan fingerprint density at radius 2 is 2.12 bits per heavy atom. The zero-order valence-corrected chi connectivity index (χ0v) is 15.8. The van der Waals surface area contributed by atoms with Crippen LogP contribution in [0.25, 0.3) is 0 Å². The molecule has 1 aromatic heterocycles. The average Bonchev–Trinajstić information content (AvgIpc) is 3.04. The molecule has 2 aromatic rings. The van der Waals surface area contributed by atoms with Crippen molar-refractivity contribution in [3.63, 3.8) is 0 Å². The zero-order valence-electron chi connectivity index (χ0n) is 13.4. The third kappa shape index (κ3) is 4.43. The number of nitrogens with zero attached hydrogens (tertiary/aromatic N) is 3. The van der Waals surface area contributed by atoms with Crippen LogP contribution in [-0.2, 0) is 16.6 Å². The number of carbonyl (C=O) groups excluding carboxylic acids is 1. The van der Waals surface area contributed by atoms with Crippen LogP contribution < -0.4 is 5.32 Å². The highest BCUT2D eigenvalue weighted by Crippen LogP contribution is 2.25. The summed E-state index contributed by atoms with van der Waals surface area (Å²) in [6.07, 6.45) is 4.29. The quantitative estimate of drug-likeness (QED) is 0.698. The number of rotatable bonds is 7. The summed E-state index contributed by atoms with van der Waals surface area (Å²) in [7, 11) is -0.727. The van der Waals surface area contributed by atoms with Crippen molar-refractivity contribution in [1.82, 2.24) is 19.4 Å². The fraction of sp³-hybridized carbons (Fsp3) is 0.333. The molecule has 1 aromatic carbocycles. The van der Waals surface area contributed by atoms with Crippen molar-refractivity contribution in [3.8, 4) is 0 Å². The van der Waals surface area contributed by atoms with Crippen LogP contribution in [0.2, 0.25) is 0 Å². The molecular formula is C15H19BrN4O3S. The molecule has 24 heavy (non-hydrogen) atoms. The predicted molar refractivity (Wildman–Crippen MR) is 94.2 cm³/mol. The van der Waals surface area contributed by atoms with E-state index in [1.807, 2.05) is 12.3 Å². The van der Waals surface area contributed by atoms with E-state index in [-0.39, 0.29) is 10.8 Å². The molecule has 0 spiro atoms. The van der Waals surface area contributed by atoms with E-state index in [0.29, 0.717) is 23.1 Å². The van der Waals surface area contributed by atoms with Crippen molar-refractivity contribution in [2.75, 3.05) is 20.6 Å². The van der Waals surface area contributed by atoms with Crippen molar-refractivity contribution < 1.29 is 13.2 Å². The number of hydrogen-bond donors (Lipinski definition) is 1. The lowest BCUT2D eigenvalue weighted by atomic mass is 10.2. The zero-order chi connectivity index (χ0) is 17.7. The fourth-order valence-corrected chi connectivity index (χ4v) is 3.86. The Bertz CT molecular complexity index is 804. The summed E-state index contributed by atoms with van der Waals surface area (Å²) in [6, 6.07) is 6.37. The molecule has 1 heterocycles. The van der Waals surface area contributed by atoms with Crippen LogP contribution in [0.1, 0.15) is 16.8 Å². The SMILES string of the molecule is CN(C)S(=O)(=O)c1cc(C(=O)NCCCn2cccn2)ccc1Br. The van der Waals surface area contributed by atoms with Gasteiger partial charge in [-0.15, -0.1) is 0 Å². The highest BCUT2D eigenvalue weighted by Gasteiger charge is 2.22. The molecule has 0 bridgehead atoms. The third-order valence-electron chi connectivity index (χ3n) is 3.36. The van der Waals surface area contributed by atoms with Crippen LogP contribution in [0.3, 0.4) is 0 Å². The highest BCUT2D eigenvalue weighted by molar-refractivity contribution is 9.10. The minimum atomic E-state index is -3.62. The Morgan fingerprint density at radius 1 is 1.38 bits per heavy atom. The minimum absolute atomic E-state index is 0.0664. The number of aryl methyl sites for hydroxylation is 1. The van der Waals surface area contributed by atoms with Crippen molar-refractivity contribution in [2.45, 2.75) is 17.9 Å². The van der Waals surface area contributed by atoms with Crippen LogP contribution in [0.15, 0.2) is 46.0 Å². The van der Waals surface area contributed by atoms with Crippen LogP contribution in [0.4, 0.5) is 0 Å². The molecular weight excluding hydrogens is 396 g/mol. The average molecular weight is 415 g/mol. The number of benzene rings is 1. The summed E-state index contributed by atoms with van der Waals surface area (Å²) in [5.74, 6) is -0.307. The molecule has 0 radical (unpaired) electrons. The molecule has 0 fully saturated rings. The van der Waals surface area contributed by atoms with Gasteiger partial charge in [0.1, 0.15) is 0 Å². The lowest BCUT2D eigenvalue weighted by molar-refractivity contribution is 0.0952. The van der Waals surface area contributed by atoms with E-state index >= 15 is 0 Å². The van der Waals surface area contributed by atoms with Gasteiger partial charge in [0.2, 0.25) is 10.0 Å². The van der Waals surface area contributed by atoms with Crippen molar-refractivity contribution in [2.24, 2.45) is 0 Å². The van der Waals surface area contributed by atoms with Crippen LogP contribution >= 0.6 is 15.9 Å². The second-order valence-corrected chi connectivity index (χ2v) is 8.29. The number of hydrogen-bond acceptors (Lipinski definition) is 4. The molecule has 0 saturated carbocycles. The Kier molecular flexibility index (Phi) is 6.14. The Labute approximate surface area is 149 Å². The number of nitrogens with one attached hydrogen (secondary N) is 1. The first kappa shape index (κ1) is 18.6. The van der Waals surface area contributed by atoms with Crippen LogP contribution in [0.5, 0.6) is 0 Å². The lowest BCUT2D eigenvalue weighted by Gasteiger charge is -2.14. The van der Waals surface area contributed by atoms with Gasteiger partial charge in [0, 0.05) is 49.6 Å². The first-order chi connectivity index (χ1) is 11.3. The molecule has 7 nitrogen and oxygen atoms in total. The maximum Gasteiger partial charge on any atom is 0.251 e. The van der Waals surface area contributed by atoms with Gasteiger partial charge >= 0.3 is 0 Å². The summed E-state index contributed by atoms with van der Waals surface area (Å²) >= 11 is 3.22. The normalized spacial score (nSPS) is 11.7. The van der Waals surface area contributed by atoms with E-state index in [1.165, 1.54) is 20.2 Å². The molecule has 0 aliphatic heterocycles. The van der Waals surface area contributed by atoms with Crippen LogP contribution in [0, 0.1) is 0 Å². The molecule has 0 aliphatic carbocycles. The number of amides is 1. The van der Waals surface area contributed by atoms with Gasteiger partial charge in [0.15, 0.2) is 0 Å². The molecule has 2 rings (SSSR count). The minimum Gasteiger partial charge on any atom is -0.352 e. The van der Waals surface area contributed by atoms with E-state index < -0.39 is 10.0 Å². The van der Waals surface area contributed by atoms with Gasteiger partial charge in [0.25, 0.3) is 5.91 Å². The molecule has 1 N–H and O–H groups in total. The van der Waals surface area contributed by atoms with Gasteiger partial charge in [-0.05, 0) is 46.6 Å². The van der Waals surface area contributed by atoms with E-state index in [0.717, 1.165) is 10.7 Å². The second-order valence-electron chi connectivity index (χ2n) is 5.31. The lowest BCUT2D eigenvalue weighted by Crippen LogP contribution is -2.26. The maximum atomic E-state index is 12.3. The van der Waals surface area contributed by atoms with E-state index in [1.54, 1.807) is 23.0 Å². The topological polar surface area (TPSA) is 84.3 Å². The third-order valence-corrected chi connectivity index (χ3v) is 6.17. The van der Waals surface area contributed by atoms with Crippen molar-refractivity contribution in [3.05, 3.63) is 46.7 Å². The van der Waals surface area contributed by atoms with E-state index in [2.05, 4.69) is 26.3 Å². The molecule has 1 amide bonds. The van der Waals surface area contributed by atoms with E-state index in [4.69, 9.17) is 0 Å². The molecule has 9 heteroatoms. The Balaban J connectivity index is 2.02. The summed E-state index contributed by atoms with van der Waals surface area (Å²) in [5, 5.41) is 6.87. The fourth-order valence-electron chi connectivity index (χ4n) is 2.02. The summed E-state index contributed by atoms with van der Waals surface area (Å²) in [6.45, 7) is 1.18. The van der Waals surface area contributed by atoms with Gasteiger partial charge in [-0.25, -0.2) is 12.7 Å². The number of halogens is 1. The second kappa shape index (κ2) is 7.91. The summed E-state index contributed by atoms with van der Waals surface area (Å²) < 4.78 is 27.9. The Morgan fingerprint density at radius 3 is 2.75 bits per heavy atom. The standard InChI is InChI=1S/C15H19BrN4O3S/c1-19(2)24(22,23)14-11-12(5-6-13(14)16)15(21)17-7-3-9-20-10-4-8-18-20/h4-6,8,10-11H,3,7,9H2,1-2H3,(H,17,21). The maximum absolute atomic E-state index is 12.3. The largest absolute Gasteiger partial charge is 0.352 e. The molecule has 0 unspecified atom stereocenters. The number of sulfonamides is 1. The van der Waals surface area contributed by atoms with Crippen LogP contribution in [-0.4, -0.2) is 49.1 Å². The van der Waals surface area contributed by atoms with Gasteiger partial charge in [-0.1, -0.05) is 0 Å². The summed E-state index contributed by atoms with van der Waals surface area (Å²) in [5.41, 5.74) is 0.303. The van der Waals surface area contributed by atoms with Gasteiger partial charge < -0.3 is 5.32 Å². The van der Waals surface area contributed by atoms with Gasteiger partial charge in [0.05, 0.1) is 4.90 Å². The van der Waals surface area contributed by atoms with Crippen molar-refractivity contribution >= 4 is 31.9 Å². The van der Waals surface area contributed by atoms with Crippen molar-refractivity contribution in [1.29, 1.82) is 0 Å². The number of carbonyl (C=O) groups is 1. The molecule has 0 aliphatic rings. The molecule has 0 saturated heterocycles. The monoisotopic (exact) mass is 414 g/mol. The predicted octanol–water partition coefficient (Wildman–Crippen LogP) is 1.72. The first-order valence-corrected chi connectivity index (χ1v) is 9.53. The molecule has 0 atom stereocenters. The van der Waals surface area contributed by atoms with Gasteiger partial charge in [-0.2, -0.15) is 5.10 Å². The van der Waals surface area contributed by atoms with E-state index in [9.17, 15) is 13.2 Å². The first-order valence-electron chi connectivity index (χ1n) is 7.30. The highest BCUT2D eigenvalue weighted by atomic mass is 79.9. The summed E-state index contributed by atoms with van der Waals surface area (Å²) in [4.78, 5) is 12.3.